The lowest BCUT2D eigenvalue weighted by molar-refractivity contribution is -0.139. The molecule has 1 saturated carbocycles. The summed E-state index contributed by atoms with van der Waals surface area (Å²) >= 11 is 0. The SMILES string of the molecule is COC(=O)C1=C(C(=O)OC)N(c2ccccc2NC2CCCCC2)C(N)=C(C#N)C1c1ccccc1. The van der Waals surface area contributed by atoms with Crippen LogP contribution in [0.25, 0.3) is 0 Å². The van der Waals surface area contributed by atoms with Gasteiger partial charge in [-0.05, 0) is 30.5 Å². The predicted molar refractivity (Wildman–Crippen MR) is 136 cm³/mol. The Morgan fingerprint density at radius 1 is 0.972 bits per heavy atom. The summed E-state index contributed by atoms with van der Waals surface area (Å²) in [5.74, 6) is -2.35. The maximum absolute atomic E-state index is 13.3. The van der Waals surface area contributed by atoms with Crippen molar-refractivity contribution in [1.29, 1.82) is 5.26 Å². The van der Waals surface area contributed by atoms with E-state index in [0.717, 1.165) is 31.4 Å². The molecule has 2 aliphatic rings. The van der Waals surface area contributed by atoms with Crippen LogP contribution in [0.5, 0.6) is 0 Å². The fourth-order valence-electron chi connectivity index (χ4n) is 5.02. The number of hydrogen-bond acceptors (Lipinski definition) is 8. The Kier molecular flexibility index (Phi) is 7.59. The molecule has 1 fully saturated rings. The van der Waals surface area contributed by atoms with Crippen LogP contribution >= 0.6 is 0 Å². The summed E-state index contributed by atoms with van der Waals surface area (Å²) in [6.45, 7) is 0. The summed E-state index contributed by atoms with van der Waals surface area (Å²) < 4.78 is 10.2. The first-order chi connectivity index (χ1) is 17.5. The number of rotatable bonds is 6. The van der Waals surface area contributed by atoms with E-state index >= 15 is 0 Å². The summed E-state index contributed by atoms with van der Waals surface area (Å²) in [6.07, 6.45) is 5.57. The van der Waals surface area contributed by atoms with E-state index in [2.05, 4.69) is 11.4 Å². The molecule has 4 rings (SSSR count). The van der Waals surface area contributed by atoms with E-state index in [1.807, 2.05) is 24.3 Å². The smallest absolute Gasteiger partial charge is 0.355 e. The Hall–Kier alpha value is -4.25. The molecule has 36 heavy (non-hydrogen) atoms. The highest BCUT2D eigenvalue weighted by molar-refractivity contribution is 6.07. The highest BCUT2D eigenvalue weighted by Gasteiger charge is 2.43. The fourth-order valence-corrected chi connectivity index (χ4v) is 5.02. The number of para-hydroxylation sites is 2. The molecule has 8 nitrogen and oxygen atoms in total. The summed E-state index contributed by atoms with van der Waals surface area (Å²) in [5, 5.41) is 13.8. The number of nitrogens with zero attached hydrogens (tertiary/aromatic N) is 2. The van der Waals surface area contributed by atoms with Crippen LogP contribution in [0.15, 0.2) is 77.3 Å². The third-order valence-electron chi connectivity index (χ3n) is 6.72. The molecule has 0 aromatic heterocycles. The monoisotopic (exact) mass is 486 g/mol. The fraction of sp³-hybridized carbons (Fsp3) is 0.321. The van der Waals surface area contributed by atoms with Crippen LogP contribution in [0, 0.1) is 11.3 Å². The number of esters is 2. The van der Waals surface area contributed by atoms with E-state index < -0.39 is 17.9 Å². The van der Waals surface area contributed by atoms with Crippen LogP contribution in [0.4, 0.5) is 11.4 Å². The summed E-state index contributed by atoms with van der Waals surface area (Å²) in [7, 11) is 2.48. The van der Waals surface area contributed by atoms with Crippen molar-refractivity contribution in [2.75, 3.05) is 24.4 Å². The number of ether oxygens (including phenoxy) is 2. The molecule has 1 aliphatic carbocycles. The molecule has 0 spiro atoms. The molecule has 1 unspecified atom stereocenters. The number of nitrogens with two attached hydrogens (primary N) is 1. The minimum absolute atomic E-state index is 0.00577. The Balaban J connectivity index is 1.96. The zero-order valence-electron chi connectivity index (χ0n) is 20.5. The number of nitriles is 1. The van der Waals surface area contributed by atoms with E-state index in [9.17, 15) is 14.9 Å². The highest BCUT2D eigenvalue weighted by atomic mass is 16.5. The van der Waals surface area contributed by atoms with Gasteiger partial charge in [0.15, 0.2) is 0 Å². The van der Waals surface area contributed by atoms with Gasteiger partial charge in [0, 0.05) is 6.04 Å². The van der Waals surface area contributed by atoms with Crippen molar-refractivity contribution in [1.82, 2.24) is 0 Å². The molecule has 1 heterocycles. The molecule has 1 atom stereocenters. The molecule has 2 aromatic carbocycles. The van der Waals surface area contributed by atoms with Gasteiger partial charge in [-0.1, -0.05) is 61.7 Å². The third kappa shape index (κ3) is 4.65. The first kappa shape index (κ1) is 24.9. The van der Waals surface area contributed by atoms with Gasteiger partial charge in [-0.3, -0.25) is 4.90 Å². The molecule has 0 amide bonds. The first-order valence-electron chi connectivity index (χ1n) is 12.0. The minimum Gasteiger partial charge on any atom is -0.466 e. The molecule has 186 valence electrons. The second-order valence-corrected chi connectivity index (χ2v) is 8.83. The Morgan fingerprint density at radius 2 is 1.61 bits per heavy atom. The maximum Gasteiger partial charge on any atom is 0.355 e. The average molecular weight is 487 g/mol. The number of anilines is 2. The molecule has 1 aliphatic heterocycles. The van der Waals surface area contributed by atoms with E-state index in [0.29, 0.717) is 11.3 Å². The number of benzene rings is 2. The number of nitrogens with one attached hydrogen (secondary N) is 1. The van der Waals surface area contributed by atoms with E-state index in [1.54, 1.807) is 30.3 Å². The first-order valence-corrected chi connectivity index (χ1v) is 12.0. The van der Waals surface area contributed by atoms with Gasteiger partial charge >= 0.3 is 11.9 Å². The second kappa shape index (κ2) is 11.0. The van der Waals surface area contributed by atoms with Crippen LogP contribution in [-0.2, 0) is 19.1 Å². The van der Waals surface area contributed by atoms with E-state index in [1.165, 1.54) is 25.5 Å². The van der Waals surface area contributed by atoms with Crippen molar-refractivity contribution in [3.63, 3.8) is 0 Å². The number of hydrogen-bond donors (Lipinski definition) is 2. The van der Waals surface area contributed by atoms with Crippen LogP contribution < -0.4 is 16.0 Å². The zero-order chi connectivity index (χ0) is 25.7. The van der Waals surface area contributed by atoms with Crippen molar-refractivity contribution in [3.8, 4) is 6.07 Å². The van der Waals surface area contributed by atoms with Gasteiger partial charge in [0.05, 0.1) is 48.7 Å². The number of methoxy groups -OCH3 is 2. The van der Waals surface area contributed by atoms with Crippen LogP contribution in [0.2, 0.25) is 0 Å². The van der Waals surface area contributed by atoms with Gasteiger partial charge < -0.3 is 20.5 Å². The Labute approximate surface area is 211 Å². The van der Waals surface area contributed by atoms with Gasteiger partial charge in [0.25, 0.3) is 0 Å². The van der Waals surface area contributed by atoms with Gasteiger partial charge in [-0.25, -0.2) is 9.59 Å². The largest absolute Gasteiger partial charge is 0.466 e. The minimum atomic E-state index is -0.896. The molecule has 2 aromatic rings. The van der Waals surface area contributed by atoms with Crippen molar-refractivity contribution >= 4 is 23.3 Å². The standard InChI is InChI=1S/C28H30N4O4/c1-35-27(33)24-23(18-11-5-3-6-12-18)20(17-29)26(30)32(25(24)28(34)36-2)22-16-10-9-15-21(22)31-19-13-7-4-8-14-19/h3,5-6,9-12,15-16,19,23,31H,4,7-8,13-14,30H2,1-2H3. The number of carbonyl (C=O) groups excluding carboxylic acids is 2. The van der Waals surface area contributed by atoms with Crippen LogP contribution in [0.1, 0.15) is 43.6 Å². The van der Waals surface area contributed by atoms with E-state index in [4.69, 9.17) is 15.2 Å². The van der Waals surface area contributed by atoms with Gasteiger partial charge in [-0.2, -0.15) is 5.26 Å². The van der Waals surface area contributed by atoms with Crippen LogP contribution in [-0.4, -0.2) is 32.2 Å². The van der Waals surface area contributed by atoms with Gasteiger partial charge in [0.2, 0.25) is 0 Å². The lowest BCUT2D eigenvalue weighted by Crippen LogP contribution is -2.41. The van der Waals surface area contributed by atoms with Crippen molar-refractivity contribution in [2.24, 2.45) is 5.73 Å². The Morgan fingerprint density at radius 3 is 2.25 bits per heavy atom. The third-order valence-corrected chi connectivity index (χ3v) is 6.72. The van der Waals surface area contributed by atoms with E-state index in [-0.39, 0.29) is 28.7 Å². The summed E-state index contributed by atoms with van der Waals surface area (Å²) in [4.78, 5) is 28.0. The molecule has 3 N–H and O–H groups in total. The topological polar surface area (TPSA) is 118 Å². The molecule has 0 saturated heterocycles. The lowest BCUT2D eigenvalue weighted by Gasteiger charge is -2.37. The summed E-state index contributed by atoms with van der Waals surface area (Å²) in [5.41, 5.74) is 8.62. The molecule has 0 radical (unpaired) electrons. The molecule has 8 heteroatoms. The number of carbonyl (C=O) groups is 2. The van der Waals surface area contributed by atoms with Crippen molar-refractivity contribution in [3.05, 3.63) is 82.8 Å². The number of allylic oxidation sites excluding steroid dienone is 1. The highest BCUT2D eigenvalue weighted by Crippen LogP contribution is 2.45. The predicted octanol–water partition coefficient (Wildman–Crippen LogP) is 4.33. The summed E-state index contributed by atoms with van der Waals surface area (Å²) in [6, 6.07) is 18.8. The molecular weight excluding hydrogens is 456 g/mol. The van der Waals surface area contributed by atoms with Crippen molar-refractivity contribution < 1.29 is 19.1 Å². The lowest BCUT2D eigenvalue weighted by atomic mass is 9.81. The van der Waals surface area contributed by atoms with Gasteiger partial charge in [0.1, 0.15) is 11.5 Å². The average Bonchev–Trinajstić information content (AvgIpc) is 2.93. The maximum atomic E-state index is 13.3. The van der Waals surface area contributed by atoms with Crippen LogP contribution in [0.3, 0.4) is 0 Å². The normalized spacial score (nSPS) is 18.5. The quantitative estimate of drug-likeness (QED) is 0.580. The Bertz CT molecular complexity index is 1240. The molecular formula is C28H30N4O4. The second-order valence-electron chi connectivity index (χ2n) is 8.83. The van der Waals surface area contributed by atoms with Crippen molar-refractivity contribution in [2.45, 2.75) is 44.1 Å². The zero-order valence-corrected chi connectivity index (χ0v) is 20.5. The van der Waals surface area contributed by atoms with Gasteiger partial charge in [-0.15, -0.1) is 0 Å². The molecule has 0 bridgehead atoms.